The zero-order chi connectivity index (χ0) is 15.0. The van der Waals surface area contributed by atoms with E-state index in [0.717, 1.165) is 38.0 Å². The van der Waals surface area contributed by atoms with Gasteiger partial charge in [0.15, 0.2) is 0 Å². The van der Waals surface area contributed by atoms with Crippen LogP contribution in [0.15, 0.2) is 17.1 Å². The smallest absolute Gasteiger partial charge is 0.268 e. The number of nitrogens with one attached hydrogen (secondary N) is 1. The number of amides is 1. The number of carbonyl (C=O) groups is 1. The van der Waals surface area contributed by atoms with Gasteiger partial charge in [-0.15, -0.1) is 0 Å². The minimum atomic E-state index is -0.603. The summed E-state index contributed by atoms with van der Waals surface area (Å²) >= 11 is 0. The van der Waals surface area contributed by atoms with Crippen LogP contribution in [-0.4, -0.2) is 40.9 Å². The summed E-state index contributed by atoms with van der Waals surface area (Å²) in [5.41, 5.74) is 6.00. The molecule has 7 nitrogen and oxygen atoms in total. The molecule has 0 aromatic carbocycles. The molecule has 0 spiro atoms. The lowest BCUT2D eigenvalue weighted by Gasteiger charge is -2.18. The molecule has 2 aliphatic rings. The lowest BCUT2D eigenvalue weighted by molar-refractivity contribution is -0.123. The predicted molar refractivity (Wildman–Crippen MR) is 79.0 cm³/mol. The Hall–Kier alpha value is -1.89. The second-order valence-electron chi connectivity index (χ2n) is 6.14. The fraction of sp³-hybridized carbons (Fsp3) is 0.643. The number of carbonyl (C=O) groups excluding carboxylic acids is 1. The Kier molecular flexibility index (Phi) is 3.44. The summed E-state index contributed by atoms with van der Waals surface area (Å²) < 4.78 is 1.31. The number of aromatic nitrogens is 2. The van der Waals surface area contributed by atoms with E-state index >= 15 is 0 Å². The van der Waals surface area contributed by atoms with Crippen molar-refractivity contribution in [3.05, 3.63) is 22.6 Å². The van der Waals surface area contributed by atoms with E-state index in [0.29, 0.717) is 12.5 Å². The zero-order valence-electron chi connectivity index (χ0n) is 12.2. The SMILES string of the molecule is Cn1ncc(N2CC[C@H](CNC(=O)C3(N)CC3)C2)cc1=O. The summed E-state index contributed by atoms with van der Waals surface area (Å²) in [5, 5.41) is 6.99. The number of rotatable bonds is 4. The van der Waals surface area contributed by atoms with Gasteiger partial charge in [-0.2, -0.15) is 5.10 Å². The number of anilines is 1. The summed E-state index contributed by atoms with van der Waals surface area (Å²) in [6, 6.07) is 1.60. The van der Waals surface area contributed by atoms with Crippen LogP contribution in [-0.2, 0) is 11.8 Å². The van der Waals surface area contributed by atoms with Crippen molar-refractivity contribution in [1.29, 1.82) is 0 Å². The lowest BCUT2D eigenvalue weighted by Crippen LogP contribution is -2.44. The summed E-state index contributed by atoms with van der Waals surface area (Å²) in [7, 11) is 1.63. The number of hydrogen-bond acceptors (Lipinski definition) is 5. The monoisotopic (exact) mass is 291 g/mol. The second-order valence-corrected chi connectivity index (χ2v) is 6.14. The molecule has 0 radical (unpaired) electrons. The van der Waals surface area contributed by atoms with Crippen LogP contribution in [0.5, 0.6) is 0 Å². The van der Waals surface area contributed by atoms with E-state index in [1.807, 2.05) is 0 Å². The highest BCUT2D eigenvalue weighted by Gasteiger charge is 2.45. The topological polar surface area (TPSA) is 93.2 Å². The molecule has 1 aliphatic heterocycles. The van der Waals surface area contributed by atoms with Gasteiger partial charge in [-0.25, -0.2) is 4.68 Å². The van der Waals surface area contributed by atoms with E-state index in [4.69, 9.17) is 5.73 Å². The van der Waals surface area contributed by atoms with Gasteiger partial charge in [0.05, 0.1) is 17.4 Å². The molecule has 21 heavy (non-hydrogen) atoms. The number of hydrogen-bond donors (Lipinski definition) is 2. The van der Waals surface area contributed by atoms with Gasteiger partial charge in [-0.05, 0) is 25.2 Å². The minimum absolute atomic E-state index is 0.0313. The summed E-state index contributed by atoms with van der Waals surface area (Å²) in [5.74, 6) is 0.358. The molecule has 1 aliphatic carbocycles. The number of aryl methyl sites for hydroxylation is 1. The Labute approximate surface area is 123 Å². The van der Waals surface area contributed by atoms with Gasteiger partial charge in [0.2, 0.25) is 5.91 Å². The molecule has 2 fully saturated rings. The van der Waals surface area contributed by atoms with E-state index in [1.165, 1.54) is 4.68 Å². The third kappa shape index (κ3) is 2.92. The van der Waals surface area contributed by atoms with Crippen LogP contribution in [0.1, 0.15) is 19.3 Å². The first-order valence-electron chi connectivity index (χ1n) is 7.33. The van der Waals surface area contributed by atoms with Gasteiger partial charge in [-0.3, -0.25) is 9.59 Å². The third-order valence-corrected chi connectivity index (χ3v) is 4.40. The standard InChI is InChI=1S/C14H21N5O2/c1-18-12(20)6-11(8-17-18)19-5-2-10(9-19)7-16-13(21)14(15)3-4-14/h6,8,10H,2-5,7,9,15H2,1H3,(H,16,21)/t10-/m1/s1. The van der Waals surface area contributed by atoms with Crippen LogP contribution >= 0.6 is 0 Å². The zero-order valence-corrected chi connectivity index (χ0v) is 12.2. The molecule has 1 atom stereocenters. The van der Waals surface area contributed by atoms with E-state index in [1.54, 1.807) is 19.3 Å². The largest absolute Gasteiger partial charge is 0.370 e. The summed E-state index contributed by atoms with van der Waals surface area (Å²) in [6.07, 6.45) is 4.28. The maximum absolute atomic E-state index is 11.8. The number of nitrogens with zero attached hydrogens (tertiary/aromatic N) is 3. The fourth-order valence-corrected chi connectivity index (χ4v) is 2.64. The van der Waals surface area contributed by atoms with Crippen molar-refractivity contribution in [2.75, 3.05) is 24.5 Å². The van der Waals surface area contributed by atoms with Crippen LogP contribution < -0.4 is 21.5 Å². The van der Waals surface area contributed by atoms with Crippen molar-refractivity contribution in [1.82, 2.24) is 15.1 Å². The molecule has 3 rings (SSSR count). The lowest BCUT2D eigenvalue weighted by atomic mass is 10.1. The fourth-order valence-electron chi connectivity index (χ4n) is 2.64. The Balaban J connectivity index is 1.54. The van der Waals surface area contributed by atoms with Crippen LogP contribution in [0.2, 0.25) is 0 Å². The molecule has 0 bridgehead atoms. The molecule has 1 amide bonds. The molecular formula is C14H21N5O2. The van der Waals surface area contributed by atoms with Crippen molar-refractivity contribution < 1.29 is 4.79 Å². The Morgan fingerprint density at radius 2 is 2.33 bits per heavy atom. The molecule has 2 heterocycles. The Morgan fingerprint density at radius 3 is 3.00 bits per heavy atom. The molecular weight excluding hydrogens is 270 g/mol. The van der Waals surface area contributed by atoms with Crippen LogP contribution in [0.3, 0.4) is 0 Å². The summed E-state index contributed by atoms with van der Waals surface area (Å²) in [4.78, 5) is 25.6. The highest BCUT2D eigenvalue weighted by molar-refractivity contribution is 5.88. The molecule has 1 aromatic rings. The van der Waals surface area contributed by atoms with Crippen LogP contribution in [0.25, 0.3) is 0 Å². The Morgan fingerprint density at radius 1 is 1.57 bits per heavy atom. The highest BCUT2D eigenvalue weighted by Crippen LogP contribution is 2.32. The molecule has 1 saturated carbocycles. The minimum Gasteiger partial charge on any atom is -0.370 e. The van der Waals surface area contributed by atoms with Gasteiger partial charge >= 0.3 is 0 Å². The molecule has 0 unspecified atom stereocenters. The normalized spacial score (nSPS) is 23.1. The first kappa shape index (κ1) is 14.1. The van der Waals surface area contributed by atoms with E-state index in [-0.39, 0.29) is 11.5 Å². The molecule has 7 heteroatoms. The first-order valence-corrected chi connectivity index (χ1v) is 7.33. The third-order valence-electron chi connectivity index (χ3n) is 4.40. The first-order chi connectivity index (χ1) is 9.98. The highest BCUT2D eigenvalue weighted by atomic mass is 16.2. The maximum atomic E-state index is 11.8. The van der Waals surface area contributed by atoms with Gasteiger partial charge in [0, 0.05) is 32.7 Å². The molecule has 1 saturated heterocycles. The molecule has 3 N–H and O–H groups in total. The van der Waals surface area contributed by atoms with Gasteiger partial charge in [0.25, 0.3) is 5.56 Å². The summed E-state index contributed by atoms with van der Waals surface area (Å²) in [6.45, 7) is 2.35. The van der Waals surface area contributed by atoms with Crippen LogP contribution in [0, 0.1) is 5.92 Å². The predicted octanol–water partition coefficient (Wildman–Crippen LogP) is -0.786. The van der Waals surface area contributed by atoms with Gasteiger partial charge < -0.3 is 16.0 Å². The number of nitrogens with two attached hydrogens (primary N) is 1. The van der Waals surface area contributed by atoms with Crippen molar-refractivity contribution in [2.24, 2.45) is 18.7 Å². The quantitative estimate of drug-likeness (QED) is 0.758. The van der Waals surface area contributed by atoms with Crippen LogP contribution in [0.4, 0.5) is 5.69 Å². The molecule has 1 aromatic heterocycles. The Bertz CT molecular complexity index is 608. The van der Waals surface area contributed by atoms with E-state index in [2.05, 4.69) is 15.3 Å². The van der Waals surface area contributed by atoms with Crippen molar-refractivity contribution in [3.63, 3.8) is 0 Å². The van der Waals surface area contributed by atoms with Crippen molar-refractivity contribution in [2.45, 2.75) is 24.8 Å². The average molecular weight is 291 g/mol. The van der Waals surface area contributed by atoms with Gasteiger partial charge in [0.1, 0.15) is 0 Å². The average Bonchev–Trinajstić information content (AvgIpc) is 3.04. The van der Waals surface area contributed by atoms with E-state index < -0.39 is 5.54 Å². The molecule has 114 valence electrons. The van der Waals surface area contributed by atoms with Gasteiger partial charge in [-0.1, -0.05) is 0 Å². The van der Waals surface area contributed by atoms with Crippen molar-refractivity contribution >= 4 is 11.6 Å². The van der Waals surface area contributed by atoms with Crippen molar-refractivity contribution in [3.8, 4) is 0 Å². The second kappa shape index (κ2) is 5.14. The maximum Gasteiger partial charge on any atom is 0.268 e. The van der Waals surface area contributed by atoms with E-state index in [9.17, 15) is 9.59 Å².